The molecule has 1 aromatic carbocycles. The van der Waals surface area contributed by atoms with Crippen LogP contribution in [0, 0.1) is 0 Å². The van der Waals surface area contributed by atoms with Gasteiger partial charge in [0.15, 0.2) is 9.84 Å². The van der Waals surface area contributed by atoms with Crippen molar-refractivity contribution in [1.29, 1.82) is 0 Å². The molecule has 0 N–H and O–H groups in total. The fourth-order valence-corrected chi connectivity index (χ4v) is 1.79. The molecular weight excluding hydrogens is 280 g/mol. The molecule has 0 fully saturated rings. The van der Waals surface area contributed by atoms with E-state index in [4.69, 9.17) is 4.74 Å². The van der Waals surface area contributed by atoms with E-state index in [1.165, 1.54) is 6.08 Å². The molecule has 0 atom stereocenters. The van der Waals surface area contributed by atoms with Gasteiger partial charge in [0.25, 0.3) is 0 Å². The van der Waals surface area contributed by atoms with E-state index in [1.807, 2.05) is 30.3 Å². The van der Waals surface area contributed by atoms with Crippen LogP contribution < -0.4 is 4.74 Å². The first-order valence-electron chi connectivity index (χ1n) is 4.27. The molecule has 5 heteroatoms. The van der Waals surface area contributed by atoms with Crippen LogP contribution in [0.25, 0.3) is 0 Å². The molecule has 15 heavy (non-hydrogen) atoms. The Morgan fingerprint density at radius 3 is 2.53 bits per heavy atom. The third-order valence-corrected chi connectivity index (χ3v) is 4.37. The molecule has 0 aliphatic rings. The van der Waals surface area contributed by atoms with Crippen LogP contribution >= 0.6 is 15.9 Å². The van der Waals surface area contributed by atoms with Gasteiger partial charge in [-0.1, -0.05) is 34.1 Å². The molecule has 0 aromatic heterocycles. The first-order chi connectivity index (χ1) is 7.14. The summed E-state index contributed by atoms with van der Waals surface area (Å²) in [6, 6.07) is 9.22. The van der Waals surface area contributed by atoms with E-state index in [2.05, 4.69) is 15.9 Å². The van der Waals surface area contributed by atoms with E-state index in [0.717, 1.165) is 11.2 Å². The molecule has 0 saturated heterocycles. The maximum absolute atomic E-state index is 11.0. The normalized spacial score (nSPS) is 11.8. The predicted octanol–water partition coefficient (Wildman–Crippen LogP) is 2.35. The number of ether oxygens (including phenoxy) is 1. The minimum absolute atomic E-state index is 0.0676. The van der Waals surface area contributed by atoms with Crippen LogP contribution in [0.4, 0.5) is 0 Å². The number of rotatable bonds is 5. The molecule has 0 amide bonds. The molecule has 0 unspecified atom stereocenters. The van der Waals surface area contributed by atoms with Crippen molar-refractivity contribution < 1.29 is 13.2 Å². The summed E-state index contributed by atoms with van der Waals surface area (Å²) in [5.74, 6) is 0.721. The van der Waals surface area contributed by atoms with E-state index in [-0.39, 0.29) is 11.3 Å². The lowest BCUT2D eigenvalue weighted by molar-refractivity contribution is 0.363. The molecule has 0 spiro atoms. The van der Waals surface area contributed by atoms with Crippen LogP contribution in [0.5, 0.6) is 5.75 Å². The van der Waals surface area contributed by atoms with E-state index >= 15 is 0 Å². The van der Waals surface area contributed by atoms with E-state index in [9.17, 15) is 8.42 Å². The van der Waals surface area contributed by atoms with E-state index in [0.29, 0.717) is 0 Å². The van der Waals surface area contributed by atoms with E-state index < -0.39 is 9.84 Å². The van der Waals surface area contributed by atoms with Crippen molar-refractivity contribution in [2.24, 2.45) is 0 Å². The van der Waals surface area contributed by atoms with Gasteiger partial charge in [0.05, 0.1) is 0 Å². The zero-order chi connectivity index (χ0) is 11.1. The van der Waals surface area contributed by atoms with Gasteiger partial charge >= 0.3 is 0 Å². The number of benzene rings is 1. The molecule has 1 aromatic rings. The Balaban J connectivity index is 2.41. The minimum atomic E-state index is -3.12. The number of sulfone groups is 1. The zero-order valence-corrected chi connectivity index (χ0v) is 10.4. The average molecular weight is 291 g/mol. The largest absolute Gasteiger partial charge is 0.490 e. The fraction of sp³-hybridized carbons (Fsp3) is 0.200. The monoisotopic (exact) mass is 290 g/mol. The van der Waals surface area contributed by atoms with E-state index in [1.54, 1.807) is 0 Å². The highest BCUT2D eigenvalue weighted by Gasteiger charge is 2.00. The van der Waals surface area contributed by atoms with Gasteiger partial charge in [-0.3, -0.25) is 0 Å². The van der Waals surface area contributed by atoms with Gasteiger partial charge in [-0.15, -0.1) is 0 Å². The lowest BCUT2D eigenvalue weighted by Crippen LogP contribution is -1.98. The lowest BCUT2D eigenvalue weighted by Gasteiger charge is -2.01. The third-order valence-electron chi connectivity index (χ3n) is 1.55. The highest BCUT2D eigenvalue weighted by Crippen LogP contribution is 2.08. The Morgan fingerprint density at radius 1 is 1.27 bits per heavy atom. The molecule has 82 valence electrons. The average Bonchev–Trinajstić information content (AvgIpc) is 2.26. The number of hydrogen-bond acceptors (Lipinski definition) is 3. The smallest absolute Gasteiger partial charge is 0.181 e. The molecule has 0 saturated carbocycles. The third kappa shape index (κ3) is 4.99. The van der Waals surface area contributed by atoms with Crippen LogP contribution in [0.3, 0.4) is 0 Å². The van der Waals surface area contributed by atoms with Gasteiger partial charge in [0.1, 0.15) is 17.0 Å². The maximum atomic E-state index is 11.0. The first-order valence-corrected chi connectivity index (χ1v) is 7.11. The van der Waals surface area contributed by atoms with Gasteiger partial charge in [0.2, 0.25) is 0 Å². The summed E-state index contributed by atoms with van der Waals surface area (Å²) in [5, 5.41) is 1.14. The summed E-state index contributed by atoms with van der Waals surface area (Å²) >= 11 is 2.89. The van der Waals surface area contributed by atoms with Crippen LogP contribution in [0.2, 0.25) is 0 Å². The second-order valence-electron chi connectivity index (χ2n) is 2.77. The number of para-hydroxylation sites is 1. The zero-order valence-electron chi connectivity index (χ0n) is 7.97. The standard InChI is InChI=1S/C10H11BrO3S/c11-9-15(12,13)8-4-7-14-10-5-2-1-3-6-10/h1-6,8H,7,9H2/b8-4+. The molecule has 0 radical (unpaired) electrons. The van der Waals surface area contributed by atoms with Crippen molar-refractivity contribution in [1.82, 2.24) is 0 Å². The Labute approximate surface area is 97.8 Å². The van der Waals surface area contributed by atoms with Crippen molar-refractivity contribution >= 4 is 25.8 Å². The Kier molecular flexibility index (Phi) is 4.84. The molecule has 0 aliphatic heterocycles. The van der Waals surface area contributed by atoms with Gasteiger partial charge < -0.3 is 4.74 Å². The van der Waals surface area contributed by atoms with Crippen LogP contribution in [-0.2, 0) is 9.84 Å². The van der Waals surface area contributed by atoms with Crippen molar-refractivity contribution in [3.8, 4) is 5.75 Å². The van der Waals surface area contributed by atoms with Crippen molar-refractivity contribution in [3.63, 3.8) is 0 Å². The number of halogens is 1. The fourth-order valence-electron chi connectivity index (χ4n) is 0.883. The summed E-state index contributed by atoms with van der Waals surface area (Å²) in [4.78, 5) is 0. The summed E-state index contributed by atoms with van der Waals surface area (Å²) in [6.07, 6.45) is 1.48. The molecule has 0 heterocycles. The summed E-state index contributed by atoms with van der Waals surface area (Å²) in [5.41, 5.74) is 0. The Hall–Kier alpha value is -0.810. The van der Waals surface area contributed by atoms with Crippen LogP contribution in [-0.4, -0.2) is 19.7 Å². The van der Waals surface area contributed by atoms with Crippen LogP contribution in [0.1, 0.15) is 0 Å². The summed E-state index contributed by atoms with van der Waals surface area (Å²) in [6.45, 7) is 0.246. The maximum Gasteiger partial charge on any atom is 0.181 e. The quantitative estimate of drug-likeness (QED) is 0.782. The predicted molar refractivity (Wildman–Crippen MR) is 63.8 cm³/mol. The second-order valence-corrected chi connectivity index (χ2v) is 5.96. The summed E-state index contributed by atoms with van der Waals surface area (Å²) < 4.78 is 27.3. The highest BCUT2D eigenvalue weighted by atomic mass is 79.9. The SMILES string of the molecule is O=S(=O)(/C=C/COc1ccccc1)CBr. The highest BCUT2D eigenvalue weighted by molar-refractivity contribution is 9.10. The topological polar surface area (TPSA) is 43.4 Å². The van der Waals surface area contributed by atoms with Gasteiger partial charge in [0, 0.05) is 5.41 Å². The van der Waals surface area contributed by atoms with Gasteiger partial charge in [-0.2, -0.15) is 0 Å². The first kappa shape index (κ1) is 12.3. The lowest BCUT2D eigenvalue weighted by atomic mass is 10.3. The minimum Gasteiger partial charge on any atom is -0.490 e. The van der Waals surface area contributed by atoms with Crippen molar-refractivity contribution in [2.45, 2.75) is 0 Å². The molecule has 0 bridgehead atoms. The molecular formula is C10H11BrO3S. The van der Waals surface area contributed by atoms with Gasteiger partial charge in [-0.25, -0.2) is 8.42 Å². The Morgan fingerprint density at radius 2 is 1.93 bits per heavy atom. The molecule has 0 aliphatic carbocycles. The number of alkyl halides is 1. The second kappa shape index (κ2) is 5.92. The van der Waals surface area contributed by atoms with Crippen LogP contribution in [0.15, 0.2) is 41.8 Å². The van der Waals surface area contributed by atoms with Crippen molar-refractivity contribution in [2.75, 3.05) is 11.3 Å². The molecule has 1 rings (SSSR count). The molecule has 3 nitrogen and oxygen atoms in total. The van der Waals surface area contributed by atoms with Gasteiger partial charge in [-0.05, 0) is 18.2 Å². The number of hydrogen-bond donors (Lipinski definition) is 0. The Bertz CT molecular complexity index is 412. The van der Waals surface area contributed by atoms with Crippen molar-refractivity contribution in [3.05, 3.63) is 41.8 Å². The summed E-state index contributed by atoms with van der Waals surface area (Å²) in [7, 11) is -3.12.